The maximum atomic E-state index is 12.8. The predicted octanol–water partition coefficient (Wildman–Crippen LogP) is 1.78. The Bertz CT molecular complexity index is 431. The minimum atomic E-state index is -0.432. The van der Waals surface area contributed by atoms with E-state index in [1.807, 2.05) is 13.0 Å². The van der Waals surface area contributed by atoms with Gasteiger partial charge in [-0.3, -0.25) is 4.79 Å². The quantitative estimate of drug-likeness (QED) is 0.764. The highest BCUT2D eigenvalue weighted by molar-refractivity contribution is 5.91. The number of hydrogen-bond donors (Lipinski definition) is 1. The molecule has 6 heteroatoms. The zero-order valence-electron chi connectivity index (χ0n) is 15.1. The molecule has 6 nitrogen and oxygen atoms in total. The van der Waals surface area contributed by atoms with Gasteiger partial charge in [-0.15, -0.1) is 0 Å². The molecule has 1 saturated heterocycles. The molecule has 2 heterocycles. The first-order chi connectivity index (χ1) is 11.6. The van der Waals surface area contributed by atoms with Crippen LogP contribution in [0.3, 0.4) is 0 Å². The summed E-state index contributed by atoms with van der Waals surface area (Å²) in [6, 6.07) is 0. The van der Waals surface area contributed by atoms with Gasteiger partial charge >= 0.3 is 0 Å². The molecule has 0 saturated carbocycles. The van der Waals surface area contributed by atoms with Crippen LogP contribution in [0.15, 0.2) is 11.8 Å². The Balaban J connectivity index is 2.19. The molecule has 2 aliphatic heterocycles. The first kappa shape index (κ1) is 19.2. The lowest BCUT2D eigenvalue weighted by Gasteiger charge is -2.39. The van der Waals surface area contributed by atoms with Crippen molar-refractivity contribution in [3.63, 3.8) is 0 Å². The van der Waals surface area contributed by atoms with Gasteiger partial charge in [0.1, 0.15) is 0 Å². The molecule has 24 heavy (non-hydrogen) atoms. The van der Waals surface area contributed by atoms with Crippen molar-refractivity contribution in [2.24, 2.45) is 17.8 Å². The zero-order chi connectivity index (χ0) is 17.5. The summed E-state index contributed by atoms with van der Waals surface area (Å²) in [6.45, 7) is 9.25. The Morgan fingerprint density at radius 3 is 2.71 bits per heavy atom. The number of amides is 1. The van der Waals surface area contributed by atoms with Gasteiger partial charge in [-0.25, -0.2) is 0 Å². The average molecular weight is 341 g/mol. The molecule has 3 atom stereocenters. The van der Waals surface area contributed by atoms with E-state index in [2.05, 4.69) is 13.8 Å². The summed E-state index contributed by atoms with van der Waals surface area (Å²) in [5, 5.41) is 9.18. The Morgan fingerprint density at radius 2 is 2.12 bits per heavy atom. The van der Waals surface area contributed by atoms with E-state index in [0.29, 0.717) is 51.0 Å². The molecule has 138 valence electrons. The fraction of sp³-hybridized carbons (Fsp3) is 0.833. The van der Waals surface area contributed by atoms with E-state index < -0.39 is 6.29 Å². The monoisotopic (exact) mass is 341 g/mol. The van der Waals surface area contributed by atoms with Crippen LogP contribution in [0.25, 0.3) is 0 Å². The molecular formula is C18H31NO5. The van der Waals surface area contributed by atoms with Crippen LogP contribution < -0.4 is 0 Å². The smallest absolute Gasteiger partial charge is 0.288 e. The molecule has 2 aliphatic rings. The highest BCUT2D eigenvalue weighted by atomic mass is 16.7. The maximum absolute atomic E-state index is 12.8. The molecule has 0 radical (unpaired) electrons. The van der Waals surface area contributed by atoms with Crippen molar-refractivity contribution in [2.45, 2.75) is 39.9 Å². The fourth-order valence-electron chi connectivity index (χ4n) is 3.44. The van der Waals surface area contributed by atoms with Crippen LogP contribution >= 0.6 is 0 Å². The highest BCUT2D eigenvalue weighted by Crippen LogP contribution is 2.37. The topological polar surface area (TPSA) is 68.2 Å². The molecule has 2 rings (SSSR count). The summed E-state index contributed by atoms with van der Waals surface area (Å²) in [5.41, 5.74) is 0. The lowest BCUT2D eigenvalue weighted by molar-refractivity contribution is -0.179. The minimum Gasteiger partial charge on any atom is -0.459 e. The molecule has 0 aromatic heterocycles. The van der Waals surface area contributed by atoms with Crippen LogP contribution in [0.1, 0.15) is 33.6 Å². The summed E-state index contributed by atoms with van der Waals surface area (Å²) in [6.07, 6.45) is 3.07. The average Bonchev–Trinajstić information content (AvgIpc) is 2.60. The second-order valence-corrected chi connectivity index (χ2v) is 6.73. The second kappa shape index (κ2) is 9.39. The minimum absolute atomic E-state index is 0.0748. The van der Waals surface area contributed by atoms with Crippen molar-refractivity contribution in [3.8, 4) is 0 Å². The third-order valence-corrected chi connectivity index (χ3v) is 4.74. The van der Waals surface area contributed by atoms with Gasteiger partial charge in [0.15, 0.2) is 5.76 Å². The normalized spacial score (nSPS) is 27.8. The summed E-state index contributed by atoms with van der Waals surface area (Å²) >= 11 is 0. The van der Waals surface area contributed by atoms with Crippen LogP contribution in [0.2, 0.25) is 0 Å². The standard InChI is InChI=1S/C18H31NO5/c1-4-23-18-14(6-5-9-20)15(13(2)3)12-16(24-18)17(21)19-7-10-22-11-8-19/h12-15,18,20H,4-11H2,1-3H3/t14-,15+,18+/m0/s1. The van der Waals surface area contributed by atoms with Crippen LogP contribution in [0.4, 0.5) is 0 Å². The van der Waals surface area contributed by atoms with E-state index in [9.17, 15) is 9.90 Å². The van der Waals surface area contributed by atoms with Crippen molar-refractivity contribution < 1.29 is 24.1 Å². The Kier molecular flexibility index (Phi) is 7.52. The van der Waals surface area contributed by atoms with Crippen molar-refractivity contribution in [1.29, 1.82) is 0 Å². The molecule has 0 aromatic carbocycles. The van der Waals surface area contributed by atoms with Gasteiger partial charge in [0.25, 0.3) is 5.91 Å². The van der Waals surface area contributed by atoms with Crippen molar-refractivity contribution in [1.82, 2.24) is 4.90 Å². The summed E-state index contributed by atoms with van der Waals surface area (Å²) in [5.74, 6) is 1.04. The van der Waals surface area contributed by atoms with Crippen LogP contribution in [0.5, 0.6) is 0 Å². The number of ether oxygens (including phenoxy) is 3. The van der Waals surface area contributed by atoms with Gasteiger partial charge < -0.3 is 24.2 Å². The SMILES string of the molecule is CCO[C@@H]1OC(C(=O)N2CCOCC2)=C[C@H](C(C)C)[C@@H]1CCCO. The van der Waals surface area contributed by atoms with E-state index in [1.165, 1.54) is 0 Å². The Morgan fingerprint density at radius 1 is 1.42 bits per heavy atom. The van der Waals surface area contributed by atoms with Gasteiger partial charge in [0.2, 0.25) is 6.29 Å². The summed E-state index contributed by atoms with van der Waals surface area (Å²) in [7, 11) is 0. The number of aliphatic hydroxyl groups is 1. The molecule has 0 aliphatic carbocycles. The number of aliphatic hydroxyl groups excluding tert-OH is 1. The van der Waals surface area contributed by atoms with Crippen LogP contribution in [0, 0.1) is 17.8 Å². The van der Waals surface area contributed by atoms with E-state index in [1.54, 1.807) is 4.90 Å². The van der Waals surface area contributed by atoms with Gasteiger partial charge in [-0.05, 0) is 37.7 Å². The van der Waals surface area contributed by atoms with E-state index >= 15 is 0 Å². The first-order valence-corrected chi connectivity index (χ1v) is 9.06. The van der Waals surface area contributed by atoms with Crippen molar-refractivity contribution >= 4 is 5.91 Å². The van der Waals surface area contributed by atoms with Gasteiger partial charge in [0.05, 0.1) is 13.2 Å². The number of hydrogen-bond acceptors (Lipinski definition) is 5. The van der Waals surface area contributed by atoms with Crippen molar-refractivity contribution in [2.75, 3.05) is 39.5 Å². The largest absolute Gasteiger partial charge is 0.459 e. The van der Waals surface area contributed by atoms with E-state index in [4.69, 9.17) is 14.2 Å². The third kappa shape index (κ3) is 4.71. The molecule has 0 bridgehead atoms. The van der Waals surface area contributed by atoms with E-state index in [0.717, 1.165) is 6.42 Å². The van der Waals surface area contributed by atoms with Gasteiger partial charge in [-0.2, -0.15) is 0 Å². The Hall–Kier alpha value is -1.11. The lowest BCUT2D eigenvalue weighted by Crippen LogP contribution is -2.45. The molecular weight excluding hydrogens is 310 g/mol. The molecule has 1 fully saturated rings. The van der Waals surface area contributed by atoms with Crippen LogP contribution in [-0.4, -0.2) is 61.7 Å². The second-order valence-electron chi connectivity index (χ2n) is 6.73. The number of carbonyl (C=O) groups is 1. The zero-order valence-corrected chi connectivity index (χ0v) is 15.1. The fourth-order valence-corrected chi connectivity index (χ4v) is 3.44. The van der Waals surface area contributed by atoms with Crippen molar-refractivity contribution in [3.05, 3.63) is 11.8 Å². The summed E-state index contributed by atoms with van der Waals surface area (Å²) < 4.78 is 17.1. The van der Waals surface area contributed by atoms with Gasteiger partial charge in [0, 0.05) is 32.2 Å². The molecule has 0 unspecified atom stereocenters. The number of nitrogens with zero attached hydrogens (tertiary/aromatic N) is 1. The van der Waals surface area contributed by atoms with Crippen LogP contribution in [-0.2, 0) is 19.0 Å². The third-order valence-electron chi connectivity index (χ3n) is 4.74. The number of morpholine rings is 1. The number of carbonyl (C=O) groups excluding carboxylic acids is 1. The lowest BCUT2D eigenvalue weighted by atomic mass is 9.78. The molecule has 1 N–H and O–H groups in total. The van der Waals surface area contributed by atoms with E-state index in [-0.39, 0.29) is 24.3 Å². The Labute approximate surface area is 144 Å². The number of rotatable bonds is 7. The van der Waals surface area contributed by atoms with Gasteiger partial charge in [-0.1, -0.05) is 13.8 Å². The highest BCUT2D eigenvalue weighted by Gasteiger charge is 2.39. The predicted molar refractivity (Wildman–Crippen MR) is 90.1 cm³/mol. The number of allylic oxidation sites excluding steroid dienone is 1. The first-order valence-electron chi connectivity index (χ1n) is 9.06. The molecule has 0 aromatic rings. The molecule has 0 spiro atoms. The maximum Gasteiger partial charge on any atom is 0.288 e. The summed E-state index contributed by atoms with van der Waals surface area (Å²) in [4.78, 5) is 14.6. The molecule has 1 amide bonds.